The molecule has 50 heavy (non-hydrogen) atoms. The lowest BCUT2D eigenvalue weighted by molar-refractivity contribution is 0.543. The Kier molecular flexibility index (Phi) is 20.9. The third-order valence-electron chi connectivity index (χ3n) is 7.19. The van der Waals surface area contributed by atoms with Crippen LogP contribution in [0.15, 0.2) is 31.7 Å². The molecule has 0 radical (unpaired) electrons. The van der Waals surface area contributed by atoms with E-state index in [0.717, 1.165) is 12.1 Å². The van der Waals surface area contributed by atoms with Crippen molar-refractivity contribution in [2.75, 3.05) is 26.2 Å². The molecule has 1 aromatic carbocycles. The molecule has 0 unspecified atom stereocenters. The van der Waals surface area contributed by atoms with Crippen LogP contribution in [-0.4, -0.2) is 59.9 Å². The summed E-state index contributed by atoms with van der Waals surface area (Å²) in [5.41, 5.74) is 0. The van der Waals surface area contributed by atoms with Gasteiger partial charge in [0.1, 0.15) is 19.6 Å². The summed E-state index contributed by atoms with van der Waals surface area (Å²) in [5, 5.41) is 35.0. The van der Waals surface area contributed by atoms with Gasteiger partial charge in [0.15, 0.2) is 0 Å². The maximum atomic E-state index is 13.9. The van der Waals surface area contributed by atoms with Crippen LogP contribution in [-0.2, 0) is 40.1 Å². The van der Waals surface area contributed by atoms with E-state index in [1.165, 1.54) is 0 Å². The lowest BCUT2D eigenvalue weighted by Crippen LogP contribution is -2.36. The Morgan fingerprint density at radius 3 is 0.860 bits per heavy atom. The van der Waals surface area contributed by atoms with Crippen molar-refractivity contribution in [2.45, 2.75) is 122 Å². The SMILES string of the molecule is N#CCCCCCNS(=O)(=O)c1ccc(S(=O)(=O)NCCCCCC#N)c(S(=O)(=O)NCCCCCC#N)c1S(=O)(=O)NCCCCCC#N. The normalized spacial score (nSPS) is 12.1. The molecule has 0 spiro atoms. The quantitative estimate of drug-likeness (QED) is 0.0894. The first kappa shape index (κ1) is 44.8. The zero-order chi connectivity index (χ0) is 37.5. The summed E-state index contributed by atoms with van der Waals surface area (Å²) < 4.78 is 119. The molecule has 0 aromatic heterocycles. The Labute approximate surface area is 297 Å². The molecule has 0 atom stereocenters. The minimum absolute atomic E-state index is 0.171. The largest absolute Gasteiger partial charge is 0.243 e. The van der Waals surface area contributed by atoms with Crippen LogP contribution in [0.25, 0.3) is 0 Å². The highest BCUT2D eigenvalue weighted by atomic mass is 32.2. The van der Waals surface area contributed by atoms with Gasteiger partial charge in [0.05, 0.1) is 24.3 Å². The first-order chi connectivity index (χ1) is 23.7. The maximum Gasteiger partial charge on any atom is 0.243 e. The van der Waals surface area contributed by atoms with Gasteiger partial charge < -0.3 is 0 Å². The van der Waals surface area contributed by atoms with E-state index >= 15 is 0 Å². The van der Waals surface area contributed by atoms with Crippen LogP contribution in [0.3, 0.4) is 0 Å². The molecule has 0 aliphatic rings. The van der Waals surface area contributed by atoms with Gasteiger partial charge in [-0.2, -0.15) is 21.0 Å². The standard InChI is InChI=1S/C30H46N8O8S4/c31-19-9-1-5-13-23-35-47(39,40)27-17-18-28(48(41,42)36-24-14-6-2-10-20-32)30(50(45,46)38-26-16-8-4-12-22-34)29(27)49(43,44)37-25-15-7-3-11-21-33/h17-18,35-38H,1-16,23-26H2. The van der Waals surface area contributed by atoms with E-state index in [1.807, 2.05) is 24.3 Å². The molecular weight excluding hydrogens is 729 g/mol. The number of nitriles is 4. The molecule has 0 amide bonds. The summed E-state index contributed by atoms with van der Waals surface area (Å²) in [6.45, 7) is -0.862. The Bertz CT molecular complexity index is 1710. The Morgan fingerprint density at radius 2 is 0.620 bits per heavy atom. The number of sulfonamides is 4. The second kappa shape index (κ2) is 23.3. The Morgan fingerprint density at radius 1 is 0.380 bits per heavy atom. The van der Waals surface area contributed by atoms with E-state index in [4.69, 9.17) is 21.0 Å². The maximum absolute atomic E-state index is 13.9. The number of nitrogens with zero attached hydrogens (tertiary/aromatic N) is 4. The average molecular weight is 775 g/mol. The van der Waals surface area contributed by atoms with Crippen LogP contribution in [0.5, 0.6) is 0 Å². The third kappa shape index (κ3) is 15.8. The average Bonchev–Trinajstić information content (AvgIpc) is 3.06. The summed E-state index contributed by atoms with van der Waals surface area (Å²) >= 11 is 0. The third-order valence-corrected chi connectivity index (χ3v) is 13.7. The van der Waals surface area contributed by atoms with Gasteiger partial charge >= 0.3 is 0 Å². The fraction of sp³-hybridized carbons (Fsp3) is 0.667. The minimum Gasteiger partial charge on any atom is -0.211 e. The molecule has 0 aliphatic carbocycles. The van der Waals surface area contributed by atoms with Gasteiger partial charge in [-0.1, -0.05) is 25.7 Å². The minimum atomic E-state index is -5.03. The molecule has 0 aliphatic heterocycles. The number of hydrogen-bond donors (Lipinski definition) is 4. The van der Waals surface area contributed by atoms with E-state index in [9.17, 15) is 33.7 Å². The molecule has 0 bridgehead atoms. The monoisotopic (exact) mass is 774 g/mol. The van der Waals surface area contributed by atoms with Crippen LogP contribution >= 0.6 is 0 Å². The van der Waals surface area contributed by atoms with Crippen LogP contribution in [0, 0.1) is 45.3 Å². The van der Waals surface area contributed by atoms with Gasteiger partial charge in [0.2, 0.25) is 40.1 Å². The summed E-state index contributed by atoms with van der Waals surface area (Å²) in [6.07, 6.45) is 5.72. The van der Waals surface area contributed by atoms with Crippen molar-refractivity contribution in [1.82, 2.24) is 18.9 Å². The summed E-state index contributed by atoms with van der Waals surface area (Å²) in [5.74, 6) is 0. The summed E-state index contributed by atoms with van der Waals surface area (Å²) in [6, 6.07) is 9.36. The van der Waals surface area contributed by atoms with Crippen molar-refractivity contribution in [1.29, 1.82) is 21.0 Å². The van der Waals surface area contributed by atoms with Crippen molar-refractivity contribution < 1.29 is 33.7 Å². The van der Waals surface area contributed by atoms with E-state index in [1.54, 1.807) is 0 Å². The lowest BCUT2D eigenvalue weighted by Gasteiger charge is -2.20. The molecule has 0 saturated carbocycles. The molecule has 20 heteroatoms. The van der Waals surface area contributed by atoms with E-state index in [2.05, 4.69) is 18.9 Å². The molecule has 0 heterocycles. The predicted molar refractivity (Wildman–Crippen MR) is 184 cm³/mol. The topological polar surface area (TPSA) is 280 Å². The van der Waals surface area contributed by atoms with Crippen LogP contribution in [0.4, 0.5) is 0 Å². The van der Waals surface area contributed by atoms with Crippen LogP contribution in [0.1, 0.15) is 103 Å². The smallest absolute Gasteiger partial charge is 0.211 e. The van der Waals surface area contributed by atoms with Crippen LogP contribution in [0.2, 0.25) is 0 Å². The highest BCUT2D eigenvalue weighted by Gasteiger charge is 2.39. The fourth-order valence-electron chi connectivity index (χ4n) is 4.61. The van der Waals surface area contributed by atoms with Gasteiger partial charge in [0, 0.05) is 51.9 Å². The number of rotatable bonds is 28. The molecule has 16 nitrogen and oxygen atoms in total. The van der Waals surface area contributed by atoms with Gasteiger partial charge in [-0.05, 0) is 63.5 Å². The first-order valence-electron chi connectivity index (χ1n) is 16.3. The highest BCUT2D eigenvalue weighted by Crippen LogP contribution is 2.34. The molecule has 1 rings (SSSR count). The molecule has 4 N–H and O–H groups in total. The highest BCUT2D eigenvalue weighted by molar-refractivity contribution is 7.95. The molecule has 0 saturated heterocycles. The predicted octanol–water partition coefficient (Wildman–Crippen LogP) is 3.14. The Hall–Kier alpha value is -3.18. The zero-order valence-corrected chi connectivity index (χ0v) is 31.3. The number of benzene rings is 1. The van der Waals surface area contributed by atoms with Crippen molar-refractivity contribution >= 4 is 40.1 Å². The van der Waals surface area contributed by atoms with E-state index < -0.39 is 59.7 Å². The summed E-state index contributed by atoms with van der Waals surface area (Å²) in [7, 11) is -19.6. The van der Waals surface area contributed by atoms with Crippen LogP contribution < -0.4 is 18.9 Å². The molecule has 0 fully saturated rings. The Balaban J connectivity index is 3.82. The molecule has 278 valence electrons. The van der Waals surface area contributed by atoms with Gasteiger partial charge in [-0.3, -0.25) is 0 Å². The number of unbranched alkanes of at least 4 members (excludes halogenated alkanes) is 12. The van der Waals surface area contributed by atoms with Crippen molar-refractivity contribution in [2.24, 2.45) is 0 Å². The van der Waals surface area contributed by atoms with E-state index in [0.29, 0.717) is 51.4 Å². The van der Waals surface area contributed by atoms with E-state index in [-0.39, 0.29) is 77.5 Å². The second-order valence-corrected chi connectivity index (χ2v) is 18.1. The van der Waals surface area contributed by atoms with Gasteiger partial charge in [0.25, 0.3) is 0 Å². The van der Waals surface area contributed by atoms with Crippen molar-refractivity contribution in [3.8, 4) is 24.3 Å². The number of hydrogen-bond acceptors (Lipinski definition) is 12. The lowest BCUT2D eigenvalue weighted by atomic mass is 10.2. The van der Waals surface area contributed by atoms with Gasteiger partial charge in [-0.15, -0.1) is 0 Å². The fourth-order valence-corrected chi connectivity index (χ4v) is 11.5. The molecule has 1 aromatic rings. The van der Waals surface area contributed by atoms with Crippen molar-refractivity contribution in [3.63, 3.8) is 0 Å². The summed E-state index contributed by atoms with van der Waals surface area (Å²) in [4.78, 5) is -4.48. The number of nitrogens with one attached hydrogen (secondary N) is 4. The first-order valence-corrected chi connectivity index (χ1v) is 22.3. The zero-order valence-electron chi connectivity index (χ0n) is 28.0. The van der Waals surface area contributed by atoms with Crippen molar-refractivity contribution in [3.05, 3.63) is 12.1 Å². The second-order valence-electron chi connectivity index (χ2n) is 11.2. The van der Waals surface area contributed by atoms with Gasteiger partial charge in [-0.25, -0.2) is 52.6 Å². The molecular formula is C30H46N8O8S4.